The van der Waals surface area contributed by atoms with Crippen LogP contribution in [0.1, 0.15) is 34.6 Å². The van der Waals surface area contributed by atoms with Crippen LogP contribution in [0.5, 0.6) is 0 Å². The van der Waals surface area contributed by atoms with Gasteiger partial charge in [-0.2, -0.15) is 0 Å². The van der Waals surface area contributed by atoms with E-state index in [1.165, 1.54) is 0 Å². The number of carbonyl (C=O) groups is 1. The molecule has 0 saturated heterocycles. The molecule has 0 heterocycles. The molecule has 0 bridgehead atoms. The van der Waals surface area contributed by atoms with Gasteiger partial charge >= 0.3 is 6.09 Å². The maximum atomic E-state index is 11.5. The van der Waals surface area contributed by atoms with Gasteiger partial charge in [-0.15, -0.1) is 0 Å². The van der Waals surface area contributed by atoms with Crippen LogP contribution in [-0.4, -0.2) is 34.3 Å². The van der Waals surface area contributed by atoms with Gasteiger partial charge in [-0.25, -0.2) is 4.79 Å². The van der Waals surface area contributed by atoms with Crippen molar-refractivity contribution in [2.75, 3.05) is 5.33 Å². The second-order valence-corrected chi connectivity index (χ2v) is 5.79. The molecule has 0 saturated carbocycles. The number of amides is 1. The highest BCUT2D eigenvalue weighted by Gasteiger charge is 2.26. The Morgan fingerprint density at radius 2 is 1.94 bits per heavy atom. The van der Waals surface area contributed by atoms with E-state index in [-0.39, 0.29) is 12.0 Å². The molecule has 0 fully saturated rings. The molecule has 2 atom stereocenters. The standard InChI is InChI=1S/C11H22BrNO3/c1-7(2)9(8(14)6-12)13-10(15)16-11(3,4)5/h7-9,14H,6H2,1-5H3,(H,13,15). The molecule has 0 rings (SSSR count). The van der Waals surface area contributed by atoms with Gasteiger partial charge in [0.2, 0.25) is 0 Å². The molecule has 0 radical (unpaired) electrons. The lowest BCUT2D eigenvalue weighted by molar-refractivity contribution is 0.0404. The third kappa shape index (κ3) is 6.33. The number of aliphatic hydroxyl groups is 1. The van der Waals surface area contributed by atoms with Crippen LogP contribution in [0.4, 0.5) is 4.79 Å². The number of rotatable bonds is 4. The first kappa shape index (κ1) is 15.7. The summed E-state index contributed by atoms with van der Waals surface area (Å²) in [5.74, 6) is 0.139. The summed E-state index contributed by atoms with van der Waals surface area (Å²) in [4.78, 5) is 11.5. The molecule has 0 aromatic rings. The monoisotopic (exact) mass is 295 g/mol. The first-order chi connectivity index (χ1) is 7.17. The Morgan fingerprint density at radius 1 is 1.44 bits per heavy atom. The van der Waals surface area contributed by atoms with Crippen molar-refractivity contribution in [1.82, 2.24) is 5.32 Å². The van der Waals surface area contributed by atoms with E-state index in [1.54, 1.807) is 20.8 Å². The average Bonchev–Trinajstić information content (AvgIpc) is 2.09. The van der Waals surface area contributed by atoms with Gasteiger partial charge in [0, 0.05) is 5.33 Å². The zero-order valence-corrected chi connectivity index (χ0v) is 12.2. The summed E-state index contributed by atoms with van der Waals surface area (Å²) in [6.45, 7) is 9.29. The number of nitrogens with one attached hydrogen (secondary N) is 1. The van der Waals surface area contributed by atoms with E-state index in [0.717, 1.165) is 0 Å². The minimum atomic E-state index is -0.618. The average molecular weight is 296 g/mol. The van der Waals surface area contributed by atoms with Gasteiger partial charge in [-0.1, -0.05) is 29.8 Å². The molecule has 5 heteroatoms. The van der Waals surface area contributed by atoms with Crippen molar-refractivity contribution in [2.45, 2.75) is 52.4 Å². The number of ether oxygens (including phenoxy) is 1. The van der Waals surface area contributed by atoms with Gasteiger partial charge < -0.3 is 15.2 Å². The van der Waals surface area contributed by atoms with Gasteiger partial charge in [-0.05, 0) is 26.7 Å². The fourth-order valence-electron chi connectivity index (χ4n) is 1.25. The van der Waals surface area contributed by atoms with Crippen molar-refractivity contribution < 1.29 is 14.6 Å². The Hall–Kier alpha value is -0.290. The Kier molecular flexibility index (Phi) is 6.33. The number of hydrogen-bond donors (Lipinski definition) is 2. The maximum absolute atomic E-state index is 11.5. The Balaban J connectivity index is 4.36. The van der Waals surface area contributed by atoms with Crippen molar-refractivity contribution in [2.24, 2.45) is 5.92 Å². The van der Waals surface area contributed by atoms with Gasteiger partial charge in [0.05, 0.1) is 12.1 Å². The molecule has 2 unspecified atom stereocenters. The van der Waals surface area contributed by atoms with Crippen LogP contribution in [0.25, 0.3) is 0 Å². The van der Waals surface area contributed by atoms with Crippen molar-refractivity contribution in [3.8, 4) is 0 Å². The molecule has 1 amide bonds. The van der Waals surface area contributed by atoms with E-state index < -0.39 is 17.8 Å². The molecule has 4 nitrogen and oxygen atoms in total. The third-order valence-electron chi connectivity index (χ3n) is 1.97. The van der Waals surface area contributed by atoms with E-state index in [0.29, 0.717) is 5.33 Å². The van der Waals surface area contributed by atoms with Crippen molar-refractivity contribution >= 4 is 22.0 Å². The number of carbonyl (C=O) groups excluding carboxylic acids is 1. The van der Waals surface area contributed by atoms with E-state index in [9.17, 15) is 9.90 Å². The summed E-state index contributed by atoms with van der Waals surface area (Å²) in [6, 6.07) is -0.311. The fourth-order valence-corrected chi connectivity index (χ4v) is 1.65. The Labute approximate surface area is 106 Å². The molecule has 0 aliphatic rings. The number of aliphatic hydroxyl groups excluding tert-OH is 1. The van der Waals surface area contributed by atoms with Crippen molar-refractivity contribution in [3.05, 3.63) is 0 Å². The highest BCUT2D eigenvalue weighted by atomic mass is 79.9. The summed E-state index contributed by atoms with van der Waals surface area (Å²) in [7, 11) is 0. The topological polar surface area (TPSA) is 58.6 Å². The second kappa shape index (κ2) is 6.45. The van der Waals surface area contributed by atoms with Gasteiger partial charge in [0.25, 0.3) is 0 Å². The summed E-state index contributed by atoms with van der Waals surface area (Å²) in [5, 5.41) is 12.8. The van der Waals surface area contributed by atoms with Gasteiger partial charge in [-0.3, -0.25) is 0 Å². The van der Waals surface area contributed by atoms with Crippen LogP contribution < -0.4 is 5.32 Å². The van der Waals surface area contributed by atoms with Crippen molar-refractivity contribution in [1.29, 1.82) is 0 Å². The van der Waals surface area contributed by atoms with Crippen LogP contribution in [0, 0.1) is 5.92 Å². The number of halogens is 1. The second-order valence-electron chi connectivity index (χ2n) is 5.14. The molecule has 0 aliphatic heterocycles. The zero-order valence-electron chi connectivity index (χ0n) is 10.6. The van der Waals surface area contributed by atoms with Crippen LogP contribution in [0.3, 0.4) is 0 Å². The summed E-state index contributed by atoms with van der Waals surface area (Å²) >= 11 is 3.19. The van der Waals surface area contributed by atoms with Crippen LogP contribution in [0.15, 0.2) is 0 Å². The molecule has 0 spiro atoms. The molecule has 0 aromatic heterocycles. The molecule has 16 heavy (non-hydrogen) atoms. The highest BCUT2D eigenvalue weighted by molar-refractivity contribution is 9.09. The Morgan fingerprint density at radius 3 is 2.25 bits per heavy atom. The van der Waals surface area contributed by atoms with Crippen molar-refractivity contribution in [3.63, 3.8) is 0 Å². The van der Waals surface area contributed by atoms with Gasteiger partial charge in [0.1, 0.15) is 5.60 Å². The normalized spacial score (nSPS) is 15.8. The van der Waals surface area contributed by atoms with Crippen LogP contribution >= 0.6 is 15.9 Å². The zero-order chi connectivity index (χ0) is 12.9. The fraction of sp³-hybridized carbons (Fsp3) is 0.909. The summed E-state index contributed by atoms with van der Waals surface area (Å²) in [6.07, 6.45) is -1.11. The smallest absolute Gasteiger partial charge is 0.407 e. The molecule has 96 valence electrons. The SMILES string of the molecule is CC(C)C(NC(=O)OC(C)(C)C)C(O)CBr. The van der Waals surface area contributed by atoms with E-state index in [1.807, 2.05) is 13.8 Å². The third-order valence-corrected chi connectivity index (χ3v) is 2.64. The lowest BCUT2D eigenvalue weighted by atomic mass is 10.00. The predicted molar refractivity (Wildman–Crippen MR) is 67.8 cm³/mol. The van der Waals surface area contributed by atoms with Crippen LogP contribution in [-0.2, 0) is 4.74 Å². The highest BCUT2D eigenvalue weighted by Crippen LogP contribution is 2.11. The van der Waals surface area contributed by atoms with E-state index in [2.05, 4.69) is 21.2 Å². The lowest BCUT2D eigenvalue weighted by Gasteiger charge is -2.28. The predicted octanol–water partition coefficient (Wildman–Crippen LogP) is 2.29. The molecule has 2 N–H and O–H groups in total. The Bertz CT molecular complexity index is 226. The molecule has 0 aliphatic carbocycles. The van der Waals surface area contributed by atoms with Crippen LogP contribution in [0.2, 0.25) is 0 Å². The van der Waals surface area contributed by atoms with E-state index >= 15 is 0 Å². The minimum Gasteiger partial charge on any atom is -0.444 e. The largest absolute Gasteiger partial charge is 0.444 e. The quantitative estimate of drug-likeness (QED) is 0.783. The number of alkyl carbamates (subject to hydrolysis) is 1. The molecular formula is C11H22BrNO3. The number of hydrogen-bond acceptors (Lipinski definition) is 3. The summed E-state index contributed by atoms with van der Waals surface area (Å²) < 4.78 is 5.14. The lowest BCUT2D eigenvalue weighted by Crippen LogP contribution is -2.49. The van der Waals surface area contributed by atoms with Gasteiger partial charge in [0.15, 0.2) is 0 Å². The first-order valence-electron chi connectivity index (χ1n) is 5.41. The molecular weight excluding hydrogens is 274 g/mol. The molecule has 0 aromatic carbocycles. The maximum Gasteiger partial charge on any atom is 0.407 e. The minimum absolute atomic E-state index is 0.139. The first-order valence-corrected chi connectivity index (χ1v) is 6.53. The van der Waals surface area contributed by atoms with E-state index in [4.69, 9.17) is 4.74 Å². The summed E-state index contributed by atoms with van der Waals surface area (Å²) in [5.41, 5.74) is -0.523. The number of alkyl halides is 1.